The molecular formula is C20H23N3O2. The lowest BCUT2D eigenvalue weighted by atomic mass is 9.89. The van der Waals surface area contributed by atoms with Crippen molar-refractivity contribution in [1.29, 1.82) is 0 Å². The Kier molecular flexibility index (Phi) is 5.99. The SMILES string of the molecule is CO[C@H]1CCC[C@H](OC)C1Nc1ncc(C#Cc2ccccc2)cn1. The van der Waals surface area contributed by atoms with Crippen molar-refractivity contribution in [2.75, 3.05) is 19.5 Å². The molecule has 0 saturated heterocycles. The molecule has 2 aromatic rings. The third-order valence-electron chi connectivity index (χ3n) is 4.46. The van der Waals surface area contributed by atoms with Gasteiger partial charge >= 0.3 is 0 Å². The maximum Gasteiger partial charge on any atom is 0.223 e. The van der Waals surface area contributed by atoms with Crippen molar-refractivity contribution < 1.29 is 9.47 Å². The number of hydrogen-bond donors (Lipinski definition) is 1. The standard InChI is InChI=1S/C20H23N3O2/c1-24-17-9-6-10-18(25-2)19(17)23-20-21-13-16(14-22-20)12-11-15-7-4-3-5-8-15/h3-5,7-8,13-14,17-19H,6,9-10H2,1-2H3,(H,21,22,23)/t17-,18-/m0/s1. The maximum absolute atomic E-state index is 5.60. The van der Waals surface area contributed by atoms with E-state index in [0.717, 1.165) is 30.4 Å². The van der Waals surface area contributed by atoms with Crippen molar-refractivity contribution in [2.45, 2.75) is 37.5 Å². The summed E-state index contributed by atoms with van der Waals surface area (Å²) in [6, 6.07) is 9.91. The van der Waals surface area contributed by atoms with Crippen molar-refractivity contribution in [2.24, 2.45) is 0 Å². The molecule has 1 aromatic carbocycles. The normalized spacial score (nSPS) is 20.6. The summed E-state index contributed by atoms with van der Waals surface area (Å²) < 4.78 is 11.2. The molecule has 3 rings (SSSR count). The summed E-state index contributed by atoms with van der Waals surface area (Å²) in [7, 11) is 3.47. The number of ether oxygens (including phenoxy) is 2. The minimum Gasteiger partial charge on any atom is -0.379 e. The summed E-state index contributed by atoms with van der Waals surface area (Å²) in [5, 5.41) is 3.36. The minimum atomic E-state index is 0.0463. The molecule has 1 aliphatic rings. The molecule has 5 nitrogen and oxygen atoms in total. The van der Waals surface area contributed by atoms with Crippen molar-refractivity contribution in [3.05, 3.63) is 53.9 Å². The van der Waals surface area contributed by atoms with Crippen LogP contribution in [0.3, 0.4) is 0 Å². The topological polar surface area (TPSA) is 56.3 Å². The van der Waals surface area contributed by atoms with Gasteiger partial charge in [0.1, 0.15) is 0 Å². The van der Waals surface area contributed by atoms with Crippen LogP contribution in [0.1, 0.15) is 30.4 Å². The van der Waals surface area contributed by atoms with Gasteiger partial charge < -0.3 is 14.8 Å². The monoisotopic (exact) mass is 337 g/mol. The van der Waals surface area contributed by atoms with Crippen LogP contribution in [-0.2, 0) is 9.47 Å². The van der Waals surface area contributed by atoms with E-state index < -0.39 is 0 Å². The molecule has 0 unspecified atom stereocenters. The highest BCUT2D eigenvalue weighted by Gasteiger charge is 2.34. The van der Waals surface area contributed by atoms with Gasteiger partial charge in [-0.15, -0.1) is 0 Å². The van der Waals surface area contributed by atoms with E-state index in [-0.39, 0.29) is 18.2 Å². The van der Waals surface area contributed by atoms with Gasteiger partial charge in [0.2, 0.25) is 5.95 Å². The van der Waals surface area contributed by atoms with Crippen LogP contribution >= 0.6 is 0 Å². The van der Waals surface area contributed by atoms with E-state index in [0.29, 0.717) is 5.95 Å². The fourth-order valence-corrected chi connectivity index (χ4v) is 3.12. The third kappa shape index (κ3) is 4.56. The zero-order valence-corrected chi connectivity index (χ0v) is 14.6. The Morgan fingerprint density at radius 2 is 1.52 bits per heavy atom. The number of anilines is 1. The van der Waals surface area contributed by atoms with Crippen LogP contribution in [0, 0.1) is 11.8 Å². The lowest BCUT2D eigenvalue weighted by Crippen LogP contribution is -2.48. The van der Waals surface area contributed by atoms with E-state index in [9.17, 15) is 0 Å². The number of benzene rings is 1. The molecular weight excluding hydrogens is 314 g/mol. The molecule has 1 fully saturated rings. The first-order chi connectivity index (χ1) is 12.3. The number of methoxy groups -OCH3 is 2. The van der Waals surface area contributed by atoms with Gasteiger partial charge in [-0.3, -0.25) is 0 Å². The van der Waals surface area contributed by atoms with E-state index in [1.807, 2.05) is 30.3 Å². The smallest absolute Gasteiger partial charge is 0.223 e. The Balaban J connectivity index is 1.68. The summed E-state index contributed by atoms with van der Waals surface area (Å²) in [6.45, 7) is 0. The van der Waals surface area contributed by atoms with Crippen LogP contribution in [0.15, 0.2) is 42.7 Å². The predicted octanol–water partition coefficient (Wildman–Crippen LogP) is 2.87. The molecule has 0 aliphatic heterocycles. The number of nitrogens with one attached hydrogen (secondary N) is 1. The van der Waals surface area contributed by atoms with Gasteiger partial charge in [-0.1, -0.05) is 30.0 Å². The van der Waals surface area contributed by atoms with Crippen LogP contribution in [0.2, 0.25) is 0 Å². The van der Waals surface area contributed by atoms with Crippen LogP contribution in [-0.4, -0.2) is 42.4 Å². The highest BCUT2D eigenvalue weighted by Crippen LogP contribution is 2.25. The second kappa shape index (κ2) is 8.61. The molecule has 0 radical (unpaired) electrons. The van der Waals surface area contributed by atoms with E-state index >= 15 is 0 Å². The van der Waals surface area contributed by atoms with Crippen LogP contribution in [0.4, 0.5) is 5.95 Å². The molecule has 1 aromatic heterocycles. The molecule has 0 bridgehead atoms. The van der Waals surface area contributed by atoms with E-state index in [2.05, 4.69) is 27.1 Å². The van der Waals surface area contributed by atoms with E-state index in [4.69, 9.17) is 9.47 Å². The average molecular weight is 337 g/mol. The first kappa shape index (κ1) is 17.4. The van der Waals surface area contributed by atoms with Gasteiger partial charge in [0.25, 0.3) is 0 Å². The Labute approximate surface area is 148 Å². The molecule has 25 heavy (non-hydrogen) atoms. The lowest BCUT2D eigenvalue weighted by molar-refractivity contribution is -0.0213. The number of rotatable bonds is 4. The van der Waals surface area contributed by atoms with Gasteiger partial charge in [0.05, 0.1) is 23.8 Å². The largest absolute Gasteiger partial charge is 0.379 e. The van der Waals surface area contributed by atoms with Gasteiger partial charge in [-0.25, -0.2) is 9.97 Å². The molecule has 0 spiro atoms. The van der Waals surface area contributed by atoms with E-state index in [1.54, 1.807) is 26.6 Å². The molecule has 1 N–H and O–H groups in total. The lowest BCUT2D eigenvalue weighted by Gasteiger charge is -2.36. The number of hydrogen-bond acceptors (Lipinski definition) is 5. The summed E-state index contributed by atoms with van der Waals surface area (Å²) in [5.74, 6) is 6.75. The first-order valence-electron chi connectivity index (χ1n) is 8.51. The van der Waals surface area contributed by atoms with Crippen molar-refractivity contribution in [3.8, 4) is 11.8 Å². The summed E-state index contributed by atoms with van der Waals surface area (Å²) in [5.41, 5.74) is 1.75. The van der Waals surface area contributed by atoms with Gasteiger partial charge in [0, 0.05) is 32.2 Å². The van der Waals surface area contributed by atoms with Crippen LogP contribution < -0.4 is 5.32 Å². The Hall–Kier alpha value is -2.42. The van der Waals surface area contributed by atoms with Crippen molar-refractivity contribution in [3.63, 3.8) is 0 Å². The van der Waals surface area contributed by atoms with Crippen LogP contribution in [0.5, 0.6) is 0 Å². The van der Waals surface area contributed by atoms with Gasteiger partial charge in [-0.05, 0) is 31.4 Å². The zero-order valence-electron chi connectivity index (χ0n) is 14.6. The Morgan fingerprint density at radius 3 is 2.12 bits per heavy atom. The molecule has 5 heteroatoms. The highest BCUT2D eigenvalue weighted by molar-refractivity contribution is 5.42. The van der Waals surface area contributed by atoms with Crippen molar-refractivity contribution in [1.82, 2.24) is 9.97 Å². The molecule has 2 atom stereocenters. The Morgan fingerprint density at radius 1 is 0.920 bits per heavy atom. The highest BCUT2D eigenvalue weighted by atomic mass is 16.5. The third-order valence-corrected chi connectivity index (χ3v) is 4.46. The van der Waals surface area contributed by atoms with Crippen LogP contribution in [0.25, 0.3) is 0 Å². The Bertz CT molecular complexity index is 710. The zero-order chi connectivity index (χ0) is 17.5. The first-order valence-corrected chi connectivity index (χ1v) is 8.51. The van der Waals surface area contributed by atoms with E-state index in [1.165, 1.54) is 0 Å². The number of nitrogens with zero attached hydrogens (tertiary/aromatic N) is 2. The average Bonchev–Trinajstić information content (AvgIpc) is 2.68. The minimum absolute atomic E-state index is 0.0463. The fourth-order valence-electron chi connectivity index (χ4n) is 3.12. The summed E-state index contributed by atoms with van der Waals surface area (Å²) >= 11 is 0. The van der Waals surface area contributed by atoms with Gasteiger partial charge in [0.15, 0.2) is 0 Å². The number of aromatic nitrogens is 2. The summed E-state index contributed by atoms with van der Waals surface area (Å²) in [4.78, 5) is 8.77. The summed E-state index contributed by atoms with van der Waals surface area (Å²) in [6.07, 6.45) is 6.78. The molecule has 0 amide bonds. The fraction of sp³-hybridized carbons (Fsp3) is 0.400. The quantitative estimate of drug-likeness (QED) is 0.870. The molecule has 1 aliphatic carbocycles. The van der Waals surface area contributed by atoms with Gasteiger partial charge in [-0.2, -0.15) is 0 Å². The maximum atomic E-state index is 5.60. The predicted molar refractivity (Wildman–Crippen MR) is 97.3 cm³/mol. The second-order valence-corrected chi connectivity index (χ2v) is 6.06. The van der Waals surface area contributed by atoms with Crippen molar-refractivity contribution >= 4 is 5.95 Å². The molecule has 1 saturated carbocycles. The molecule has 130 valence electrons. The molecule has 1 heterocycles. The second-order valence-electron chi connectivity index (χ2n) is 6.06.